The van der Waals surface area contributed by atoms with Gasteiger partial charge in [-0.3, -0.25) is 0 Å². The van der Waals surface area contributed by atoms with Crippen molar-refractivity contribution in [2.75, 3.05) is 0 Å². The molecule has 0 amide bonds. The van der Waals surface area contributed by atoms with Crippen molar-refractivity contribution >= 4 is 12.6 Å². The predicted octanol–water partition coefficient (Wildman–Crippen LogP) is 1.44. The monoisotopic (exact) mass is 276 g/mol. The lowest BCUT2D eigenvalue weighted by molar-refractivity contribution is 0.275. The number of hydrogen-bond acceptors (Lipinski definition) is 5. The summed E-state index contributed by atoms with van der Waals surface area (Å²) in [6, 6.07) is 13.9. The smallest absolute Gasteiger partial charge is 0.457 e. The number of rotatable bonds is 2. The van der Waals surface area contributed by atoms with Gasteiger partial charge in [-0.25, -0.2) is 0 Å². The van der Waals surface area contributed by atoms with Gasteiger partial charge in [0.05, 0.1) is 17.7 Å². The molecule has 0 spiro atoms. The van der Waals surface area contributed by atoms with Gasteiger partial charge in [-0.1, -0.05) is 6.07 Å². The molecule has 6 heteroatoms. The highest BCUT2D eigenvalue weighted by molar-refractivity contribution is 6.61. The molecule has 21 heavy (non-hydrogen) atoms. The second-order valence-corrected chi connectivity index (χ2v) is 4.56. The molecule has 0 aliphatic carbocycles. The van der Waals surface area contributed by atoms with Crippen LogP contribution in [0.5, 0.6) is 11.5 Å². The number of hydrogen-bond donors (Lipinski definition) is 1. The molecule has 1 heterocycles. The standard InChI is InChI=1S/C15H9BN2O3/c17-7-10-1-2-13(5-11(10)8-18)21-14-3-4-15-12(6-14)9-20-16(15)19/h1-6,19H,9H2. The van der Waals surface area contributed by atoms with E-state index in [0.29, 0.717) is 23.7 Å². The molecular weight excluding hydrogens is 267 g/mol. The van der Waals surface area contributed by atoms with E-state index < -0.39 is 7.12 Å². The summed E-state index contributed by atoms with van der Waals surface area (Å²) in [6.45, 7) is 0.338. The average molecular weight is 276 g/mol. The van der Waals surface area contributed by atoms with E-state index in [0.717, 1.165) is 11.0 Å². The van der Waals surface area contributed by atoms with Gasteiger partial charge in [0.15, 0.2) is 0 Å². The van der Waals surface area contributed by atoms with E-state index in [1.165, 1.54) is 6.07 Å². The van der Waals surface area contributed by atoms with Crippen molar-refractivity contribution in [3.05, 3.63) is 53.1 Å². The van der Waals surface area contributed by atoms with Gasteiger partial charge < -0.3 is 14.4 Å². The fourth-order valence-electron chi connectivity index (χ4n) is 2.18. The van der Waals surface area contributed by atoms with E-state index in [9.17, 15) is 5.02 Å². The fourth-order valence-corrected chi connectivity index (χ4v) is 2.18. The minimum Gasteiger partial charge on any atom is -0.457 e. The molecule has 5 nitrogen and oxygen atoms in total. The van der Waals surface area contributed by atoms with E-state index in [-0.39, 0.29) is 5.56 Å². The molecule has 0 atom stereocenters. The van der Waals surface area contributed by atoms with Crippen LogP contribution in [0.2, 0.25) is 0 Å². The van der Waals surface area contributed by atoms with Crippen molar-refractivity contribution in [1.82, 2.24) is 0 Å². The molecule has 1 aliphatic rings. The number of benzene rings is 2. The Kier molecular flexibility index (Phi) is 3.33. The van der Waals surface area contributed by atoms with E-state index in [1.54, 1.807) is 30.3 Å². The number of fused-ring (bicyclic) bond motifs is 1. The maximum atomic E-state index is 9.56. The Morgan fingerprint density at radius 2 is 1.76 bits per heavy atom. The topological polar surface area (TPSA) is 86.3 Å². The third-order valence-electron chi connectivity index (χ3n) is 3.24. The lowest BCUT2D eigenvalue weighted by Gasteiger charge is -2.08. The highest BCUT2D eigenvalue weighted by Gasteiger charge is 2.27. The molecule has 0 radical (unpaired) electrons. The normalized spacial score (nSPS) is 12.4. The molecule has 1 aliphatic heterocycles. The van der Waals surface area contributed by atoms with E-state index in [2.05, 4.69) is 0 Å². The maximum absolute atomic E-state index is 9.56. The summed E-state index contributed by atoms with van der Waals surface area (Å²) in [5.41, 5.74) is 2.19. The number of ether oxygens (including phenoxy) is 1. The van der Waals surface area contributed by atoms with Gasteiger partial charge in [-0.05, 0) is 41.4 Å². The van der Waals surface area contributed by atoms with Crippen LogP contribution in [-0.2, 0) is 11.3 Å². The molecule has 0 aromatic heterocycles. The van der Waals surface area contributed by atoms with Crippen molar-refractivity contribution < 1.29 is 14.4 Å². The highest BCUT2D eigenvalue weighted by atomic mass is 16.5. The van der Waals surface area contributed by atoms with Crippen molar-refractivity contribution in [3.63, 3.8) is 0 Å². The van der Waals surface area contributed by atoms with Crippen LogP contribution >= 0.6 is 0 Å². The second-order valence-electron chi connectivity index (χ2n) is 4.56. The summed E-state index contributed by atoms with van der Waals surface area (Å²) in [5.74, 6) is 1.06. The third kappa shape index (κ3) is 2.46. The van der Waals surface area contributed by atoms with Gasteiger partial charge in [0, 0.05) is 0 Å². The number of nitrogens with zero attached hydrogens (tertiary/aromatic N) is 2. The second kappa shape index (κ2) is 5.30. The van der Waals surface area contributed by atoms with Gasteiger partial charge in [0.1, 0.15) is 23.6 Å². The van der Waals surface area contributed by atoms with Crippen LogP contribution in [-0.4, -0.2) is 12.1 Å². The molecule has 0 fully saturated rings. The van der Waals surface area contributed by atoms with Crippen LogP contribution in [0.3, 0.4) is 0 Å². The molecule has 0 saturated heterocycles. The van der Waals surface area contributed by atoms with Crippen LogP contribution in [0.15, 0.2) is 36.4 Å². The third-order valence-corrected chi connectivity index (χ3v) is 3.24. The van der Waals surface area contributed by atoms with Crippen molar-refractivity contribution in [1.29, 1.82) is 10.5 Å². The largest absolute Gasteiger partial charge is 0.491 e. The zero-order valence-corrected chi connectivity index (χ0v) is 10.9. The van der Waals surface area contributed by atoms with Crippen LogP contribution < -0.4 is 10.2 Å². The molecule has 0 bridgehead atoms. The zero-order chi connectivity index (χ0) is 14.8. The van der Waals surface area contributed by atoms with E-state index in [1.807, 2.05) is 12.1 Å². The van der Waals surface area contributed by atoms with Crippen molar-refractivity contribution in [3.8, 4) is 23.6 Å². The molecule has 1 N–H and O–H groups in total. The number of nitriles is 2. The first-order valence-corrected chi connectivity index (χ1v) is 6.26. The Morgan fingerprint density at radius 1 is 1.05 bits per heavy atom. The first kappa shape index (κ1) is 13.2. The Labute approximate surface area is 121 Å². The lowest BCUT2D eigenvalue weighted by atomic mass is 9.80. The summed E-state index contributed by atoms with van der Waals surface area (Å²) in [4.78, 5) is 0. The average Bonchev–Trinajstić information content (AvgIpc) is 2.88. The van der Waals surface area contributed by atoms with Gasteiger partial charge >= 0.3 is 7.12 Å². The van der Waals surface area contributed by atoms with Crippen LogP contribution in [0.4, 0.5) is 0 Å². The predicted molar refractivity (Wildman–Crippen MR) is 74.8 cm³/mol. The zero-order valence-electron chi connectivity index (χ0n) is 10.9. The summed E-state index contributed by atoms with van der Waals surface area (Å²) in [7, 11) is -0.880. The van der Waals surface area contributed by atoms with Crippen LogP contribution in [0, 0.1) is 22.7 Å². The quantitative estimate of drug-likeness (QED) is 0.838. The van der Waals surface area contributed by atoms with Crippen molar-refractivity contribution in [2.45, 2.75) is 6.61 Å². The Hall–Kier alpha value is -2.80. The van der Waals surface area contributed by atoms with Gasteiger partial charge in [-0.2, -0.15) is 10.5 Å². The molecule has 0 unspecified atom stereocenters. The van der Waals surface area contributed by atoms with Gasteiger partial charge in [0.2, 0.25) is 0 Å². The molecule has 3 rings (SSSR count). The fraction of sp³-hybridized carbons (Fsp3) is 0.0667. The van der Waals surface area contributed by atoms with Crippen molar-refractivity contribution in [2.24, 2.45) is 0 Å². The first-order valence-electron chi connectivity index (χ1n) is 6.26. The van der Waals surface area contributed by atoms with Gasteiger partial charge in [-0.15, -0.1) is 0 Å². The van der Waals surface area contributed by atoms with Crippen LogP contribution in [0.25, 0.3) is 0 Å². The summed E-state index contributed by atoms with van der Waals surface area (Å²) < 4.78 is 10.8. The maximum Gasteiger partial charge on any atom is 0.491 e. The molecular formula is C15H9BN2O3. The minimum absolute atomic E-state index is 0.273. The minimum atomic E-state index is -0.880. The lowest BCUT2D eigenvalue weighted by Crippen LogP contribution is -2.27. The van der Waals surface area contributed by atoms with E-state index in [4.69, 9.17) is 19.9 Å². The first-order chi connectivity index (χ1) is 10.2. The molecule has 0 saturated carbocycles. The Bertz CT molecular complexity index is 792. The SMILES string of the molecule is N#Cc1ccc(Oc2ccc3c(c2)COB3O)cc1C#N. The highest BCUT2D eigenvalue weighted by Crippen LogP contribution is 2.25. The van der Waals surface area contributed by atoms with Gasteiger partial charge in [0.25, 0.3) is 0 Å². The summed E-state index contributed by atoms with van der Waals surface area (Å²) >= 11 is 0. The molecule has 2 aromatic carbocycles. The molecule has 2 aromatic rings. The Morgan fingerprint density at radius 3 is 2.52 bits per heavy atom. The summed E-state index contributed by atoms with van der Waals surface area (Å²) in [6.07, 6.45) is 0. The van der Waals surface area contributed by atoms with E-state index >= 15 is 0 Å². The Balaban J connectivity index is 1.88. The van der Waals surface area contributed by atoms with Crippen LogP contribution in [0.1, 0.15) is 16.7 Å². The summed E-state index contributed by atoms with van der Waals surface area (Å²) in [5, 5.41) is 27.4. The molecule has 100 valence electrons.